The third-order valence-electron chi connectivity index (χ3n) is 2.79. The van der Waals surface area contributed by atoms with Crippen LogP contribution in [0.3, 0.4) is 0 Å². The number of furan rings is 1. The highest BCUT2D eigenvalue weighted by Crippen LogP contribution is 2.35. The average Bonchev–Trinajstić information content (AvgIpc) is 2.88. The van der Waals surface area contributed by atoms with E-state index in [9.17, 15) is 9.90 Å². The summed E-state index contributed by atoms with van der Waals surface area (Å²) < 4.78 is 15.3. The van der Waals surface area contributed by atoms with Crippen LogP contribution in [0.4, 0.5) is 0 Å². The van der Waals surface area contributed by atoms with E-state index in [1.54, 1.807) is 32.0 Å². The second kappa shape index (κ2) is 5.06. The molecule has 0 atom stereocenters. The molecule has 2 rings (SSSR count). The van der Waals surface area contributed by atoms with E-state index in [0.29, 0.717) is 11.1 Å². The minimum Gasteiger partial charge on any atom is -0.507 e. The molecule has 1 aromatic heterocycles. The first-order valence-electron chi connectivity index (χ1n) is 5.67. The van der Waals surface area contributed by atoms with Gasteiger partial charge in [-0.05, 0) is 31.5 Å². The highest BCUT2D eigenvalue weighted by atomic mass is 16.6. The Bertz CT molecular complexity index is 599. The van der Waals surface area contributed by atoms with Crippen LogP contribution in [0.2, 0.25) is 0 Å². The highest BCUT2D eigenvalue weighted by molar-refractivity contribution is 5.95. The molecule has 19 heavy (non-hydrogen) atoms. The summed E-state index contributed by atoms with van der Waals surface area (Å²) in [5, 5.41) is 9.90. The van der Waals surface area contributed by atoms with Crippen LogP contribution in [0.25, 0.3) is 0 Å². The van der Waals surface area contributed by atoms with Crippen LogP contribution in [0.15, 0.2) is 28.9 Å². The molecule has 0 unspecified atom stereocenters. The van der Waals surface area contributed by atoms with Crippen molar-refractivity contribution in [2.45, 2.75) is 13.8 Å². The highest BCUT2D eigenvalue weighted by Gasteiger charge is 2.21. The summed E-state index contributed by atoms with van der Waals surface area (Å²) in [6.07, 6.45) is 1.47. The zero-order valence-corrected chi connectivity index (χ0v) is 10.9. The van der Waals surface area contributed by atoms with Crippen molar-refractivity contribution in [3.8, 4) is 17.4 Å². The summed E-state index contributed by atoms with van der Waals surface area (Å²) >= 11 is 0. The van der Waals surface area contributed by atoms with Crippen LogP contribution in [-0.2, 0) is 4.74 Å². The Kier molecular flexibility index (Phi) is 3.46. The number of carbonyl (C=O) groups is 1. The van der Waals surface area contributed by atoms with Crippen LogP contribution < -0.4 is 4.74 Å². The Morgan fingerprint density at radius 1 is 1.37 bits per heavy atom. The SMILES string of the molecule is COC(=O)c1c(Oc2ccco2)cc(C)c(O)c1C. The third-order valence-corrected chi connectivity index (χ3v) is 2.79. The fourth-order valence-electron chi connectivity index (χ4n) is 1.80. The van der Waals surface area contributed by atoms with E-state index < -0.39 is 5.97 Å². The molecule has 0 radical (unpaired) electrons. The van der Waals surface area contributed by atoms with Crippen LogP contribution in [-0.4, -0.2) is 18.2 Å². The van der Waals surface area contributed by atoms with Crippen molar-refractivity contribution in [1.82, 2.24) is 0 Å². The lowest BCUT2D eigenvalue weighted by atomic mass is 10.0. The predicted molar refractivity (Wildman–Crippen MR) is 67.7 cm³/mol. The van der Waals surface area contributed by atoms with E-state index in [1.165, 1.54) is 13.4 Å². The maximum absolute atomic E-state index is 11.8. The van der Waals surface area contributed by atoms with Crippen molar-refractivity contribution >= 4 is 5.97 Å². The first-order valence-corrected chi connectivity index (χ1v) is 5.67. The number of esters is 1. The zero-order valence-electron chi connectivity index (χ0n) is 10.9. The van der Waals surface area contributed by atoms with Crippen molar-refractivity contribution in [1.29, 1.82) is 0 Å². The van der Waals surface area contributed by atoms with E-state index >= 15 is 0 Å². The van der Waals surface area contributed by atoms with Crippen LogP contribution in [0, 0.1) is 13.8 Å². The standard InChI is InChI=1S/C14H14O5/c1-8-7-10(19-11-5-4-6-18-11)12(14(16)17-3)9(2)13(8)15/h4-7,15H,1-3H3. The number of methoxy groups -OCH3 is 1. The molecule has 0 saturated heterocycles. The number of phenolic OH excluding ortho intramolecular Hbond substituents is 1. The number of benzene rings is 1. The van der Waals surface area contributed by atoms with Gasteiger partial charge in [-0.25, -0.2) is 4.79 Å². The first kappa shape index (κ1) is 13.0. The summed E-state index contributed by atoms with van der Waals surface area (Å²) in [4.78, 5) is 11.8. The van der Waals surface area contributed by atoms with Gasteiger partial charge in [0.25, 0.3) is 5.95 Å². The monoisotopic (exact) mass is 262 g/mol. The number of ether oxygens (including phenoxy) is 2. The van der Waals surface area contributed by atoms with Gasteiger partial charge in [0, 0.05) is 11.6 Å². The number of carbonyl (C=O) groups excluding carboxylic acids is 1. The molecule has 2 aromatic rings. The lowest BCUT2D eigenvalue weighted by molar-refractivity contribution is 0.0596. The van der Waals surface area contributed by atoms with E-state index in [2.05, 4.69) is 0 Å². The summed E-state index contributed by atoms with van der Waals surface area (Å²) in [6, 6.07) is 4.86. The Morgan fingerprint density at radius 2 is 2.11 bits per heavy atom. The Labute approximate surface area is 110 Å². The largest absolute Gasteiger partial charge is 0.507 e. The zero-order chi connectivity index (χ0) is 14.0. The first-order chi connectivity index (χ1) is 9.04. The Balaban J connectivity index is 2.54. The van der Waals surface area contributed by atoms with Crippen molar-refractivity contribution in [3.63, 3.8) is 0 Å². The Morgan fingerprint density at radius 3 is 2.68 bits per heavy atom. The molecule has 0 aliphatic heterocycles. The third kappa shape index (κ3) is 2.40. The molecule has 0 aliphatic rings. The van der Waals surface area contributed by atoms with Gasteiger partial charge in [-0.2, -0.15) is 0 Å². The predicted octanol–water partition coefficient (Wildman–Crippen LogP) is 3.18. The fourth-order valence-corrected chi connectivity index (χ4v) is 1.80. The topological polar surface area (TPSA) is 68.9 Å². The van der Waals surface area contributed by atoms with Crippen LogP contribution in [0.1, 0.15) is 21.5 Å². The lowest BCUT2D eigenvalue weighted by Gasteiger charge is -2.13. The van der Waals surface area contributed by atoms with Crippen LogP contribution in [0.5, 0.6) is 17.4 Å². The maximum atomic E-state index is 11.8. The average molecular weight is 262 g/mol. The van der Waals surface area contributed by atoms with E-state index in [4.69, 9.17) is 13.9 Å². The van der Waals surface area contributed by atoms with Crippen molar-refractivity contribution < 1.29 is 23.8 Å². The molecule has 1 aromatic carbocycles. The van der Waals surface area contributed by atoms with E-state index in [1.807, 2.05) is 0 Å². The minimum atomic E-state index is -0.575. The summed E-state index contributed by atoms with van der Waals surface area (Å²) in [6.45, 7) is 3.35. The van der Waals surface area contributed by atoms with Gasteiger partial charge in [0.1, 0.15) is 17.1 Å². The molecule has 0 amide bonds. The number of rotatable bonds is 3. The fraction of sp³-hybridized carbons (Fsp3) is 0.214. The molecule has 0 spiro atoms. The van der Waals surface area contributed by atoms with Gasteiger partial charge >= 0.3 is 5.97 Å². The van der Waals surface area contributed by atoms with Crippen molar-refractivity contribution in [2.24, 2.45) is 0 Å². The van der Waals surface area contributed by atoms with Gasteiger partial charge in [0.2, 0.25) is 0 Å². The summed E-state index contributed by atoms with van der Waals surface area (Å²) in [5.41, 5.74) is 1.20. The smallest absolute Gasteiger partial charge is 0.342 e. The molecule has 0 saturated carbocycles. The molecule has 0 aliphatic carbocycles. The number of hydrogen-bond donors (Lipinski definition) is 1. The molecule has 0 bridgehead atoms. The summed E-state index contributed by atoms with van der Waals surface area (Å²) in [7, 11) is 1.27. The number of aryl methyl sites for hydroxylation is 1. The normalized spacial score (nSPS) is 10.3. The molecule has 5 nitrogen and oxygen atoms in total. The lowest BCUT2D eigenvalue weighted by Crippen LogP contribution is -2.07. The van der Waals surface area contributed by atoms with Gasteiger partial charge in [-0.3, -0.25) is 0 Å². The van der Waals surface area contributed by atoms with E-state index in [0.717, 1.165) is 0 Å². The van der Waals surface area contributed by atoms with Crippen molar-refractivity contribution in [3.05, 3.63) is 41.2 Å². The van der Waals surface area contributed by atoms with Gasteiger partial charge in [-0.1, -0.05) is 0 Å². The second-order valence-electron chi connectivity index (χ2n) is 4.07. The quantitative estimate of drug-likeness (QED) is 0.860. The van der Waals surface area contributed by atoms with Gasteiger partial charge in [-0.15, -0.1) is 0 Å². The molecular weight excluding hydrogens is 248 g/mol. The number of phenols is 1. The number of aromatic hydroxyl groups is 1. The van der Waals surface area contributed by atoms with Gasteiger partial charge in [0.15, 0.2) is 0 Å². The molecule has 1 heterocycles. The van der Waals surface area contributed by atoms with Crippen molar-refractivity contribution in [2.75, 3.05) is 7.11 Å². The minimum absolute atomic E-state index is 0.0483. The van der Waals surface area contributed by atoms with E-state index in [-0.39, 0.29) is 23.0 Å². The van der Waals surface area contributed by atoms with Gasteiger partial charge in [0.05, 0.1) is 13.4 Å². The molecular formula is C14H14O5. The molecule has 1 N–H and O–H groups in total. The summed E-state index contributed by atoms with van der Waals surface area (Å²) in [5.74, 6) is 0.0193. The Hall–Kier alpha value is -2.43. The molecule has 100 valence electrons. The second-order valence-corrected chi connectivity index (χ2v) is 4.07. The number of hydrogen-bond acceptors (Lipinski definition) is 5. The molecule has 0 fully saturated rings. The maximum Gasteiger partial charge on any atom is 0.342 e. The van der Waals surface area contributed by atoms with Crippen LogP contribution >= 0.6 is 0 Å². The molecule has 5 heteroatoms. The van der Waals surface area contributed by atoms with Gasteiger partial charge < -0.3 is 19.0 Å².